The molecule has 0 bridgehead atoms. The zero-order valence-electron chi connectivity index (χ0n) is 16.4. The van der Waals surface area contributed by atoms with Gasteiger partial charge in [-0.1, -0.05) is 32.1 Å². The standard InChI is InChI=1S/C20H32N2O2S/c1-8-18(21-9-2)12-20(17(7)23,11-16(6)14-25-10-3)19(24)22-13-15(4)5/h8-10,14-15H,3,11-13H2,1-2,4-7H3,(H,22,24)/b16-14+,18-8-,21-9?. The van der Waals surface area contributed by atoms with E-state index >= 15 is 0 Å². The molecule has 1 N–H and O–H groups in total. The zero-order chi connectivity index (χ0) is 19.5. The molecular weight excluding hydrogens is 332 g/mol. The van der Waals surface area contributed by atoms with Crippen LogP contribution in [-0.2, 0) is 9.59 Å². The summed E-state index contributed by atoms with van der Waals surface area (Å²) in [6, 6.07) is 0. The maximum Gasteiger partial charge on any atom is 0.234 e. The van der Waals surface area contributed by atoms with Gasteiger partial charge in [0.1, 0.15) is 11.2 Å². The third kappa shape index (κ3) is 7.86. The average Bonchev–Trinajstić information content (AvgIpc) is 2.56. The second-order valence-corrected chi connectivity index (χ2v) is 7.37. The summed E-state index contributed by atoms with van der Waals surface area (Å²) in [5, 5.41) is 6.59. The fourth-order valence-electron chi connectivity index (χ4n) is 2.48. The van der Waals surface area contributed by atoms with Crippen LogP contribution in [0.5, 0.6) is 0 Å². The second-order valence-electron chi connectivity index (χ2n) is 6.53. The van der Waals surface area contributed by atoms with Crippen molar-refractivity contribution in [2.45, 2.75) is 54.4 Å². The summed E-state index contributed by atoms with van der Waals surface area (Å²) in [6.07, 6.45) is 4.19. The molecule has 1 atom stereocenters. The Morgan fingerprint density at radius 3 is 2.32 bits per heavy atom. The van der Waals surface area contributed by atoms with E-state index in [0.717, 1.165) is 11.3 Å². The highest BCUT2D eigenvalue weighted by Gasteiger charge is 2.43. The average molecular weight is 365 g/mol. The van der Waals surface area contributed by atoms with Crippen LogP contribution < -0.4 is 5.32 Å². The summed E-state index contributed by atoms with van der Waals surface area (Å²) in [5.74, 6) is -0.0529. The normalized spacial score (nSPS) is 15.3. The molecule has 0 aromatic heterocycles. The van der Waals surface area contributed by atoms with Gasteiger partial charge in [-0.25, -0.2) is 0 Å². The van der Waals surface area contributed by atoms with Gasteiger partial charge in [0.2, 0.25) is 5.91 Å². The number of rotatable bonds is 11. The Balaban J connectivity index is 5.87. The summed E-state index contributed by atoms with van der Waals surface area (Å²) < 4.78 is 0. The molecule has 0 saturated heterocycles. The molecule has 0 aliphatic carbocycles. The monoisotopic (exact) mass is 364 g/mol. The van der Waals surface area contributed by atoms with Gasteiger partial charge in [0, 0.05) is 24.9 Å². The number of carbonyl (C=O) groups excluding carboxylic acids is 2. The predicted octanol–water partition coefficient (Wildman–Crippen LogP) is 4.89. The van der Waals surface area contributed by atoms with Gasteiger partial charge in [0.05, 0.1) is 0 Å². The molecule has 1 amide bonds. The van der Waals surface area contributed by atoms with E-state index in [1.54, 1.807) is 11.6 Å². The Morgan fingerprint density at radius 1 is 1.24 bits per heavy atom. The second kappa shape index (κ2) is 11.9. The van der Waals surface area contributed by atoms with E-state index in [1.807, 2.05) is 46.1 Å². The van der Waals surface area contributed by atoms with Crippen LogP contribution in [0.2, 0.25) is 0 Å². The molecule has 0 fully saturated rings. The van der Waals surface area contributed by atoms with Crippen molar-refractivity contribution >= 4 is 29.7 Å². The quantitative estimate of drug-likeness (QED) is 0.419. The Labute approximate surface area is 156 Å². The number of amides is 1. The lowest BCUT2D eigenvalue weighted by molar-refractivity contribution is -0.141. The van der Waals surface area contributed by atoms with E-state index in [-0.39, 0.29) is 18.1 Å². The van der Waals surface area contributed by atoms with Gasteiger partial charge < -0.3 is 5.32 Å². The first kappa shape index (κ1) is 23.4. The highest BCUT2D eigenvalue weighted by molar-refractivity contribution is 8.04. The Bertz CT molecular complexity index is 562. The van der Waals surface area contributed by atoms with Gasteiger partial charge in [0.15, 0.2) is 0 Å². The molecular formula is C20H32N2O2S. The fraction of sp³-hybridized carbons (Fsp3) is 0.550. The number of nitrogens with one attached hydrogen (secondary N) is 1. The first-order chi connectivity index (χ1) is 11.7. The minimum Gasteiger partial charge on any atom is -0.355 e. The van der Waals surface area contributed by atoms with E-state index in [9.17, 15) is 9.59 Å². The van der Waals surface area contributed by atoms with E-state index in [2.05, 4.69) is 16.9 Å². The van der Waals surface area contributed by atoms with Crippen LogP contribution in [0.25, 0.3) is 0 Å². The third-order valence-corrected chi connectivity index (χ3v) is 4.57. The smallest absolute Gasteiger partial charge is 0.234 e. The first-order valence-corrected chi connectivity index (χ1v) is 9.53. The molecule has 0 heterocycles. The Morgan fingerprint density at radius 2 is 1.88 bits per heavy atom. The van der Waals surface area contributed by atoms with Crippen LogP contribution >= 0.6 is 11.8 Å². The molecule has 4 nitrogen and oxygen atoms in total. The molecule has 0 spiro atoms. The summed E-state index contributed by atoms with van der Waals surface area (Å²) in [4.78, 5) is 30.0. The van der Waals surface area contributed by atoms with Crippen LogP contribution in [0.1, 0.15) is 54.4 Å². The number of ketones is 1. The van der Waals surface area contributed by atoms with Gasteiger partial charge in [-0.15, -0.1) is 11.8 Å². The van der Waals surface area contributed by atoms with Crippen LogP contribution in [0.3, 0.4) is 0 Å². The van der Waals surface area contributed by atoms with Crippen molar-refractivity contribution in [1.82, 2.24) is 5.32 Å². The molecule has 1 unspecified atom stereocenters. The van der Waals surface area contributed by atoms with Gasteiger partial charge in [-0.3, -0.25) is 14.6 Å². The maximum absolute atomic E-state index is 13.0. The number of aliphatic imine (C=N–C) groups is 1. The van der Waals surface area contributed by atoms with Gasteiger partial charge in [-0.2, -0.15) is 0 Å². The number of carbonyl (C=O) groups is 2. The topological polar surface area (TPSA) is 58.5 Å². The summed E-state index contributed by atoms with van der Waals surface area (Å²) in [7, 11) is 0. The first-order valence-electron chi connectivity index (χ1n) is 8.58. The number of hydrogen-bond acceptors (Lipinski definition) is 4. The van der Waals surface area contributed by atoms with E-state index in [4.69, 9.17) is 0 Å². The molecule has 0 rings (SSSR count). The van der Waals surface area contributed by atoms with Crippen molar-refractivity contribution in [2.75, 3.05) is 6.54 Å². The van der Waals surface area contributed by atoms with E-state index in [1.165, 1.54) is 18.7 Å². The van der Waals surface area contributed by atoms with Crippen molar-refractivity contribution < 1.29 is 9.59 Å². The van der Waals surface area contributed by atoms with E-state index < -0.39 is 5.41 Å². The van der Waals surface area contributed by atoms with Crippen molar-refractivity contribution in [3.05, 3.63) is 34.7 Å². The molecule has 0 aromatic rings. The maximum atomic E-state index is 13.0. The molecule has 140 valence electrons. The summed E-state index contributed by atoms with van der Waals surface area (Å²) in [5.41, 5.74) is 0.559. The third-order valence-electron chi connectivity index (χ3n) is 3.84. The fourth-order valence-corrected chi connectivity index (χ4v) is 2.89. The van der Waals surface area contributed by atoms with Crippen molar-refractivity contribution in [3.63, 3.8) is 0 Å². The molecule has 0 aromatic carbocycles. The minimum atomic E-state index is -1.15. The van der Waals surface area contributed by atoms with Crippen LogP contribution in [-0.4, -0.2) is 24.4 Å². The van der Waals surface area contributed by atoms with Crippen molar-refractivity contribution in [3.8, 4) is 0 Å². The highest BCUT2D eigenvalue weighted by atomic mass is 32.2. The lowest BCUT2D eigenvalue weighted by atomic mass is 9.73. The van der Waals surface area contributed by atoms with Crippen LogP contribution in [0.15, 0.2) is 39.7 Å². The lowest BCUT2D eigenvalue weighted by Gasteiger charge is -2.31. The molecule has 25 heavy (non-hydrogen) atoms. The van der Waals surface area contributed by atoms with Crippen molar-refractivity contribution in [2.24, 2.45) is 16.3 Å². The molecule has 0 saturated carbocycles. The summed E-state index contributed by atoms with van der Waals surface area (Å²) in [6.45, 7) is 15.4. The SMILES string of the molecule is C=CS/C=C(\C)CC(C/C(=C/C)N=CC)(C(C)=O)C(=O)NCC(C)C. The highest BCUT2D eigenvalue weighted by Crippen LogP contribution is 2.36. The van der Waals surface area contributed by atoms with Gasteiger partial charge >= 0.3 is 0 Å². The summed E-state index contributed by atoms with van der Waals surface area (Å²) >= 11 is 1.45. The zero-order valence-corrected chi connectivity index (χ0v) is 17.2. The number of allylic oxidation sites excluding steroid dienone is 3. The molecule has 0 aliphatic heterocycles. The lowest BCUT2D eigenvalue weighted by Crippen LogP contribution is -2.47. The number of hydrogen-bond donors (Lipinski definition) is 1. The predicted molar refractivity (Wildman–Crippen MR) is 110 cm³/mol. The number of nitrogens with zero attached hydrogens (tertiary/aromatic N) is 1. The number of Topliss-reactive ketones (excluding diaryl/α,β-unsaturated/α-hetero) is 1. The number of thioether (sulfide) groups is 1. The minimum absolute atomic E-state index is 0.143. The van der Waals surface area contributed by atoms with E-state index in [0.29, 0.717) is 18.9 Å². The van der Waals surface area contributed by atoms with Crippen LogP contribution in [0.4, 0.5) is 0 Å². The van der Waals surface area contributed by atoms with Crippen molar-refractivity contribution in [1.29, 1.82) is 0 Å². The Kier molecular flexibility index (Phi) is 11.1. The Hall–Kier alpha value is -1.62. The largest absolute Gasteiger partial charge is 0.355 e. The van der Waals surface area contributed by atoms with Crippen LogP contribution in [0, 0.1) is 11.3 Å². The molecule has 5 heteroatoms. The molecule has 0 aliphatic rings. The molecule has 0 radical (unpaired) electrons. The van der Waals surface area contributed by atoms with Gasteiger partial charge in [-0.05, 0) is 50.8 Å². The van der Waals surface area contributed by atoms with Gasteiger partial charge in [0.25, 0.3) is 0 Å².